The molecule has 168 valence electrons. The van der Waals surface area contributed by atoms with E-state index in [1.165, 1.54) is 30.0 Å². The van der Waals surface area contributed by atoms with E-state index in [9.17, 15) is 14.4 Å². The summed E-state index contributed by atoms with van der Waals surface area (Å²) >= 11 is 0. The maximum atomic E-state index is 12.8. The number of rotatable bonds is 6. The van der Waals surface area contributed by atoms with Crippen LogP contribution in [0.15, 0.2) is 59.7 Å². The van der Waals surface area contributed by atoms with E-state index < -0.39 is 17.6 Å². The van der Waals surface area contributed by atoms with Crippen LogP contribution in [0.2, 0.25) is 0 Å². The van der Waals surface area contributed by atoms with E-state index >= 15 is 0 Å². The molecule has 0 radical (unpaired) electrons. The maximum absolute atomic E-state index is 12.8. The quantitative estimate of drug-likeness (QED) is 0.452. The van der Waals surface area contributed by atoms with Gasteiger partial charge in [0.15, 0.2) is 0 Å². The van der Waals surface area contributed by atoms with Crippen molar-refractivity contribution in [2.24, 2.45) is 0 Å². The Morgan fingerprint density at radius 3 is 2.55 bits per heavy atom. The number of hydrogen-bond acceptors (Lipinski definition) is 7. The molecule has 2 aromatic heterocycles. The second-order valence-electron chi connectivity index (χ2n) is 7.38. The summed E-state index contributed by atoms with van der Waals surface area (Å²) < 4.78 is 12.9. The molecule has 0 saturated heterocycles. The number of anilines is 1. The van der Waals surface area contributed by atoms with E-state index in [0.29, 0.717) is 5.75 Å². The number of fused-ring (bicyclic) bond motifs is 1. The van der Waals surface area contributed by atoms with E-state index in [0.717, 1.165) is 15.8 Å². The van der Waals surface area contributed by atoms with Crippen LogP contribution in [0.5, 0.6) is 11.6 Å². The number of hydrogen-bond donors (Lipinski definition) is 1. The average Bonchev–Trinajstić information content (AvgIpc) is 3.09. The van der Waals surface area contributed by atoms with Crippen LogP contribution in [0.1, 0.15) is 21.5 Å². The number of nitrogens with zero attached hydrogens (tertiary/aromatic N) is 4. The Labute approximate surface area is 188 Å². The maximum Gasteiger partial charge on any atom is 0.351 e. The standard InChI is InChI=1S/C23H21N5O5/c1-14-10-15(2)12-16(11-14)33-21-20-26-28(23(31)27(20)9-8-24-21)13-19(29)25-18-7-5-4-6-17(18)22(30)32-3/h4-12H,13H2,1-3H3,(H,25,29). The van der Waals surface area contributed by atoms with Crippen molar-refractivity contribution < 1.29 is 19.1 Å². The zero-order valence-corrected chi connectivity index (χ0v) is 18.2. The van der Waals surface area contributed by atoms with Crippen molar-refractivity contribution in [3.63, 3.8) is 0 Å². The predicted octanol–water partition coefficient (Wildman–Crippen LogP) is 2.73. The number of methoxy groups -OCH3 is 1. The topological polar surface area (TPSA) is 117 Å². The summed E-state index contributed by atoms with van der Waals surface area (Å²) in [5.41, 5.74) is 2.14. The zero-order chi connectivity index (χ0) is 23.5. The van der Waals surface area contributed by atoms with Crippen LogP contribution in [0.25, 0.3) is 5.65 Å². The van der Waals surface area contributed by atoms with Crippen molar-refractivity contribution in [3.05, 3.63) is 82.0 Å². The van der Waals surface area contributed by atoms with E-state index in [-0.39, 0.29) is 29.3 Å². The lowest BCUT2D eigenvalue weighted by molar-refractivity contribution is -0.117. The number of benzene rings is 2. The summed E-state index contributed by atoms with van der Waals surface area (Å²) in [7, 11) is 1.25. The highest BCUT2D eigenvalue weighted by Crippen LogP contribution is 2.24. The van der Waals surface area contributed by atoms with Crippen molar-refractivity contribution in [2.75, 3.05) is 12.4 Å². The molecule has 10 nitrogen and oxygen atoms in total. The molecular weight excluding hydrogens is 426 g/mol. The van der Waals surface area contributed by atoms with Gasteiger partial charge in [-0.15, -0.1) is 5.10 Å². The lowest BCUT2D eigenvalue weighted by Crippen LogP contribution is -2.28. The molecule has 0 bridgehead atoms. The predicted molar refractivity (Wildman–Crippen MR) is 120 cm³/mol. The van der Waals surface area contributed by atoms with Gasteiger partial charge in [0, 0.05) is 12.4 Å². The third-order valence-electron chi connectivity index (χ3n) is 4.78. The summed E-state index contributed by atoms with van der Waals surface area (Å²) in [4.78, 5) is 41.5. The monoisotopic (exact) mass is 447 g/mol. The van der Waals surface area contributed by atoms with Crippen LogP contribution in [0.3, 0.4) is 0 Å². The Kier molecular flexibility index (Phi) is 5.90. The average molecular weight is 447 g/mol. The molecule has 0 aliphatic carbocycles. The van der Waals surface area contributed by atoms with Crippen molar-refractivity contribution in [2.45, 2.75) is 20.4 Å². The molecule has 0 aliphatic heterocycles. The number of carbonyl (C=O) groups excluding carboxylic acids is 2. The first-order valence-electron chi connectivity index (χ1n) is 10.0. The molecule has 0 saturated carbocycles. The molecular formula is C23H21N5O5. The van der Waals surface area contributed by atoms with Crippen LogP contribution < -0.4 is 15.7 Å². The number of aryl methyl sites for hydroxylation is 2. The first kappa shape index (κ1) is 21.8. The van der Waals surface area contributed by atoms with Crippen LogP contribution in [0, 0.1) is 13.8 Å². The number of para-hydroxylation sites is 1. The van der Waals surface area contributed by atoms with Gasteiger partial charge in [0.25, 0.3) is 5.88 Å². The van der Waals surface area contributed by atoms with Crippen LogP contribution in [0.4, 0.5) is 5.69 Å². The van der Waals surface area contributed by atoms with Gasteiger partial charge < -0.3 is 14.8 Å². The summed E-state index contributed by atoms with van der Waals surface area (Å²) in [6.45, 7) is 3.52. The molecule has 2 aromatic carbocycles. The number of ether oxygens (including phenoxy) is 2. The van der Waals surface area contributed by atoms with E-state index in [4.69, 9.17) is 9.47 Å². The molecule has 2 heterocycles. The fraction of sp³-hybridized carbons (Fsp3) is 0.174. The van der Waals surface area contributed by atoms with Gasteiger partial charge in [0.2, 0.25) is 11.6 Å². The highest BCUT2D eigenvalue weighted by Gasteiger charge is 2.18. The van der Waals surface area contributed by atoms with Crippen LogP contribution >= 0.6 is 0 Å². The third-order valence-corrected chi connectivity index (χ3v) is 4.78. The molecule has 0 unspecified atom stereocenters. The molecule has 4 rings (SSSR count). The van der Waals surface area contributed by atoms with Gasteiger partial charge in [-0.3, -0.25) is 4.79 Å². The summed E-state index contributed by atoms with van der Waals surface area (Å²) in [5.74, 6) is -0.432. The minimum Gasteiger partial charge on any atom is -0.465 e. The third kappa shape index (κ3) is 4.59. The second-order valence-corrected chi connectivity index (χ2v) is 7.38. The number of carbonyl (C=O) groups is 2. The minimum atomic E-state index is -0.588. The SMILES string of the molecule is COC(=O)c1ccccc1NC(=O)Cn1nc2c(Oc3cc(C)cc(C)c3)nccn2c1=O. The Hall–Kier alpha value is -4.47. The largest absolute Gasteiger partial charge is 0.465 e. The lowest BCUT2D eigenvalue weighted by Gasteiger charge is -2.09. The van der Waals surface area contributed by atoms with Crippen molar-refractivity contribution in [1.29, 1.82) is 0 Å². The number of esters is 1. The molecule has 0 fully saturated rings. The van der Waals surface area contributed by atoms with Crippen molar-refractivity contribution in [3.8, 4) is 11.6 Å². The highest BCUT2D eigenvalue weighted by atomic mass is 16.5. The molecule has 4 aromatic rings. The molecule has 0 aliphatic rings. The molecule has 1 amide bonds. The first-order chi connectivity index (χ1) is 15.9. The smallest absolute Gasteiger partial charge is 0.351 e. The summed E-state index contributed by atoms with van der Waals surface area (Å²) in [6, 6.07) is 12.1. The Balaban J connectivity index is 1.60. The van der Waals surface area contributed by atoms with Crippen molar-refractivity contribution in [1.82, 2.24) is 19.2 Å². The highest BCUT2D eigenvalue weighted by molar-refractivity contribution is 6.01. The molecule has 0 spiro atoms. The minimum absolute atomic E-state index is 0.134. The van der Waals surface area contributed by atoms with Gasteiger partial charge in [0.1, 0.15) is 12.3 Å². The Morgan fingerprint density at radius 1 is 1.09 bits per heavy atom. The molecule has 10 heteroatoms. The molecule has 0 atom stereocenters. The van der Waals surface area contributed by atoms with E-state index in [2.05, 4.69) is 15.4 Å². The van der Waals surface area contributed by atoms with E-state index in [1.807, 2.05) is 32.0 Å². The number of aromatic nitrogens is 4. The fourth-order valence-corrected chi connectivity index (χ4v) is 3.41. The summed E-state index contributed by atoms with van der Waals surface area (Å²) in [6.07, 6.45) is 2.87. The van der Waals surface area contributed by atoms with Gasteiger partial charge in [0.05, 0.1) is 18.4 Å². The van der Waals surface area contributed by atoms with Gasteiger partial charge in [-0.25, -0.2) is 23.7 Å². The lowest BCUT2D eigenvalue weighted by atomic mass is 10.1. The normalized spacial score (nSPS) is 10.8. The second kappa shape index (κ2) is 8.95. The fourth-order valence-electron chi connectivity index (χ4n) is 3.41. The Morgan fingerprint density at radius 2 is 1.82 bits per heavy atom. The Bertz CT molecular complexity index is 1400. The van der Waals surface area contributed by atoms with Gasteiger partial charge >= 0.3 is 11.7 Å². The van der Waals surface area contributed by atoms with Gasteiger partial charge in [-0.05, 0) is 49.2 Å². The number of nitrogens with one attached hydrogen (secondary N) is 1. The number of amides is 1. The van der Waals surface area contributed by atoms with E-state index in [1.54, 1.807) is 18.2 Å². The van der Waals surface area contributed by atoms with Gasteiger partial charge in [-0.1, -0.05) is 18.2 Å². The van der Waals surface area contributed by atoms with Crippen LogP contribution in [-0.2, 0) is 16.1 Å². The van der Waals surface area contributed by atoms with Crippen LogP contribution in [-0.4, -0.2) is 38.2 Å². The zero-order valence-electron chi connectivity index (χ0n) is 18.2. The molecule has 33 heavy (non-hydrogen) atoms. The summed E-state index contributed by atoms with van der Waals surface area (Å²) in [5, 5.41) is 6.85. The van der Waals surface area contributed by atoms with Gasteiger partial charge in [-0.2, -0.15) is 0 Å². The van der Waals surface area contributed by atoms with Crippen molar-refractivity contribution >= 4 is 23.2 Å². The molecule has 1 N–H and O–H groups in total. The first-order valence-corrected chi connectivity index (χ1v) is 10.0.